The maximum absolute atomic E-state index is 12.4. The molecule has 2 amide bonds. The number of amides is 2. The minimum absolute atomic E-state index is 0.0445. The summed E-state index contributed by atoms with van der Waals surface area (Å²) in [5, 5.41) is 11.5. The summed E-state index contributed by atoms with van der Waals surface area (Å²) in [6.07, 6.45) is 0. The van der Waals surface area contributed by atoms with Gasteiger partial charge in [-0.2, -0.15) is 0 Å². The molecule has 2 aromatic carbocycles. The highest BCUT2D eigenvalue weighted by molar-refractivity contribution is 7.80. The van der Waals surface area contributed by atoms with Gasteiger partial charge < -0.3 is 14.6 Å². The number of carbonyl (C=O) groups excluding carboxylic acids is 2. The second-order valence-electron chi connectivity index (χ2n) is 4.95. The lowest BCUT2D eigenvalue weighted by Crippen LogP contribution is -2.48. The molecule has 0 saturated heterocycles. The van der Waals surface area contributed by atoms with E-state index < -0.39 is 11.8 Å². The molecule has 8 nitrogen and oxygen atoms in total. The molecule has 2 aromatic rings. The van der Waals surface area contributed by atoms with E-state index in [0.717, 1.165) is 0 Å². The first-order chi connectivity index (χ1) is 12.5. The molecule has 0 aromatic heterocycles. The van der Waals surface area contributed by atoms with Crippen LogP contribution in [0.4, 0.5) is 0 Å². The van der Waals surface area contributed by atoms with Crippen LogP contribution in [0.25, 0.3) is 0 Å². The Hall–Kier alpha value is -3.33. The van der Waals surface area contributed by atoms with E-state index in [2.05, 4.69) is 16.2 Å². The van der Waals surface area contributed by atoms with Crippen molar-refractivity contribution in [2.45, 2.75) is 0 Å². The van der Waals surface area contributed by atoms with Crippen LogP contribution in [-0.4, -0.2) is 36.3 Å². The zero-order chi connectivity index (χ0) is 19.1. The lowest BCUT2D eigenvalue weighted by Gasteiger charge is -2.14. The van der Waals surface area contributed by atoms with Crippen LogP contribution in [0.5, 0.6) is 17.2 Å². The topological polar surface area (TPSA) is 109 Å². The minimum atomic E-state index is -0.560. The zero-order valence-corrected chi connectivity index (χ0v) is 14.8. The number of ether oxygens (including phenoxy) is 2. The second-order valence-corrected chi connectivity index (χ2v) is 5.36. The van der Waals surface area contributed by atoms with Crippen molar-refractivity contribution in [3.8, 4) is 17.2 Å². The number of rotatable bonds is 4. The molecule has 0 aliphatic rings. The largest absolute Gasteiger partial charge is 0.508 e. The standard InChI is InChI=1S/C17H17N3O5S/c1-24-12-4-3-5-13(25-2)14(12)16(23)18-17(26)20-19-15(22)10-6-8-11(21)9-7-10/h3-9,21H,1-2H3,(H,19,22)(H2,18,20,23,26). The van der Waals surface area contributed by atoms with Gasteiger partial charge in [0.05, 0.1) is 14.2 Å². The van der Waals surface area contributed by atoms with Crippen molar-refractivity contribution in [3.63, 3.8) is 0 Å². The zero-order valence-electron chi connectivity index (χ0n) is 14.0. The van der Waals surface area contributed by atoms with E-state index in [1.54, 1.807) is 18.2 Å². The van der Waals surface area contributed by atoms with Gasteiger partial charge >= 0.3 is 0 Å². The first-order valence-electron chi connectivity index (χ1n) is 7.38. The number of hydrogen-bond acceptors (Lipinski definition) is 6. The highest BCUT2D eigenvalue weighted by Gasteiger charge is 2.19. The Morgan fingerprint density at radius 1 is 0.923 bits per heavy atom. The molecular weight excluding hydrogens is 358 g/mol. The molecule has 0 aliphatic heterocycles. The van der Waals surface area contributed by atoms with Crippen LogP contribution >= 0.6 is 12.2 Å². The number of phenols is 1. The number of nitrogens with one attached hydrogen (secondary N) is 3. The fraction of sp³-hybridized carbons (Fsp3) is 0.118. The van der Waals surface area contributed by atoms with E-state index >= 15 is 0 Å². The summed E-state index contributed by atoms with van der Waals surface area (Å²) in [6, 6.07) is 10.5. The number of phenolic OH excluding ortho intramolecular Hbond substituents is 1. The number of hydrazine groups is 1. The molecule has 0 saturated carbocycles. The molecule has 26 heavy (non-hydrogen) atoms. The first-order valence-corrected chi connectivity index (χ1v) is 7.78. The Morgan fingerprint density at radius 3 is 2.04 bits per heavy atom. The summed E-state index contributed by atoms with van der Waals surface area (Å²) in [6.45, 7) is 0. The van der Waals surface area contributed by atoms with Gasteiger partial charge in [-0.15, -0.1) is 0 Å². The summed E-state index contributed by atoms with van der Waals surface area (Å²) >= 11 is 5.00. The number of thiocarbonyl (C=S) groups is 1. The van der Waals surface area contributed by atoms with Crippen molar-refractivity contribution >= 4 is 29.1 Å². The van der Waals surface area contributed by atoms with Crippen LogP contribution in [0.1, 0.15) is 20.7 Å². The lowest BCUT2D eigenvalue weighted by atomic mass is 10.1. The third-order valence-electron chi connectivity index (χ3n) is 3.30. The maximum atomic E-state index is 12.4. The van der Waals surface area contributed by atoms with Gasteiger partial charge in [-0.25, -0.2) is 0 Å². The predicted octanol–water partition coefficient (Wildman–Crippen LogP) is 1.36. The molecule has 0 aliphatic carbocycles. The van der Waals surface area contributed by atoms with E-state index in [1.807, 2.05) is 0 Å². The highest BCUT2D eigenvalue weighted by Crippen LogP contribution is 2.27. The van der Waals surface area contributed by atoms with Crippen molar-refractivity contribution < 1.29 is 24.2 Å². The Kier molecular flexibility index (Phi) is 6.34. The van der Waals surface area contributed by atoms with Crippen LogP contribution < -0.4 is 25.6 Å². The molecule has 9 heteroatoms. The van der Waals surface area contributed by atoms with Crippen molar-refractivity contribution in [2.75, 3.05) is 14.2 Å². The summed E-state index contributed by atoms with van der Waals surface area (Å²) in [4.78, 5) is 24.4. The molecule has 2 rings (SSSR count). The summed E-state index contributed by atoms with van der Waals surface area (Å²) in [5.41, 5.74) is 5.24. The number of carbonyl (C=O) groups is 2. The Labute approximate surface area is 155 Å². The van der Waals surface area contributed by atoms with Crippen LogP contribution in [0.2, 0.25) is 0 Å². The van der Waals surface area contributed by atoms with Crippen molar-refractivity contribution in [3.05, 3.63) is 53.6 Å². The number of aromatic hydroxyl groups is 1. The van der Waals surface area contributed by atoms with E-state index in [1.165, 1.54) is 38.5 Å². The molecule has 0 spiro atoms. The summed E-state index contributed by atoms with van der Waals surface area (Å²) in [7, 11) is 2.86. The Morgan fingerprint density at radius 2 is 1.50 bits per heavy atom. The fourth-order valence-corrected chi connectivity index (χ4v) is 2.21. The molecule has 0 heterocycles. The molecular formula is C17H17N3O5S. The van der Waals surface area contributed by atoms with Gasteiger partial charge in [-0.3, -0.25) is 25.8 Å². The Balaban J connectivity index is 1.99. The van der Waals surface area contributed by atoms with E-state index in [-0.39, 0.29) is 16.4 Å². The average Bonchev–Trinajstić information content (AvgIpc) is 2.65. The van der Waals surface area contributed by atoms with Gasteiger partial charge in [0.2, 0.25) is 0 Å². The highest BCUT2D eigenvalue weighted by atomic mass is 32.1. The Bertz CT molecular complexity index is 801. The molecule has 0 fully saturated rings. The van der Waals surface area contributed by atoms with E-state index in [0.29, 0.717) is 17.1 Å². The SMILES string of the molecule is COc1cccc(OC)c1C(=O)NC(=S)NNC(=O)c1ccc(O)cc1. The predicted molar refractivity (Wildman–Crippen MR) is 98.3 cm³/mol. The van der Waals surface area contributed by atoms with Gasteiger partial charge in [0, 0.05) is 5.56 Å². The smallest absolute Gasteiger partial charge is 0.269 e. The minimum Gasteiger partial charge on any atom is -0.508 e. The molecule has 0 radical (unpaired) electrons. The monoisotopic (exact) mass is 375 g/mol. The van der Waals surface area contributed by atoms with E-state index in [9.17, 15) is 14.7 Å². The molecule has 136 valence electrons. The van der Waals surface area contributed by atoms with E-state index in [4.69, 9.17) is 21.7 Å². The lowest BCUT2D eigenvalue weighted by molar-refractivity contribution is 0.0933. The van der Waals surface area contributed by atoms with Gasteiger partial charge in [-0.1, -0.05) is 6.07 Å². The van der Waals surface area contributed by atoms with Gasteiger partial charge in [-0.05, 0) is 48.6 Å². The van der Waals surface area contributed by atoms with Crippen molar-refractivity contribution in [2.24, 2.45) is 0 Å². The van der Waals surface area contributed by atoms with Gasteiger partial charge in [0.25, 0.3) is 11.8 Å². The molecule has 0 atom stereocenters. The van der Waals surface area contributed by atoms with Crippen LogP contribution in [-0.2, 0) is 0 Å². The summed E-state index contributed by atoms with van der Waals surface area (Å²) in [5.74, 6) is -0.370. The quantitative estimate of drug-likeness (QED) is 0.472. The van der Waals surface area contributed by atoms with Crippen molar-refractivity contribution in [1.29, 1.82) is 0 Å². The first kappa shape index (κ1) is 19.0. The second kappa shape index (κ2) is 8.67. The molecule has 0 unspecified atom stereocenters. The molecule has 4 N–H and O–H groups in total. The third kappa shape index (κ3) is 4.61. The fourth-order valence-electron chi connectivity index (χ4n) is 2.07. The van der Waals surface area contributed by atoms with Crippen LogP contribution in [0.3, 0.4) is 0 Å². The van der Waals surface area contributed by atoms with Gasteiger partial charge in [0.1, 0.15) is 22.8 Å². The normalized spacial score (nSPS) is 9.77. The average molecular weight is 375 g/mol. The number of benzene rings is 2. The molecule has 0 bridgehead atoms. The van der Waals surface area contributed by atoms with Gasteiger partial charge in [0.15, 0.2) is 5.11 Å². The maximum Gasteiger partial charge on any atom is 0.269 e. The summed E-state index contributed by atoms with van der Waals surface area (Å²) < 4.78 is 10.3. The number of hydrogen-bond donors (Lipinski definition) is 4. The number of methoxy groups -OCH3 is 2. The van der Waals surface area contributed by atoms with Crippen molar-refractivity contribution in [1.82, 2.24) is 16.2 Å². The van der Waals surface area contributed by atoms with Crippen LogP contribution in [0, 0.1) is 0 Å². The van der Waals surface area contributed by atoms with Crippen LogP contribution in [0.15, 0.2) is 42.5 Å². The third-order valence-corrected chi connectivity index (χ3v) is 3.51.